The van der Waals surface area contributed by atoms with E-state index in [-0.39, 0.29) is 12.1 Å². The van der Waals surface area contributed by atoms with Crippen LogP contribution >= 0.6 is 0 Å². The van der Waals surface area contributed by atoms with Gasteiger partial charge in [-0.25, -0.2) is 0 Å². The molecule has 2 heteroatoms. The van der Waals surface area contributed by atoms with Crippen LogP contribution in [-0.4, -0.2) is 22.2 Å². The molecule has 1 N–H and O–H groups in total. The number of aliphatic hydroxyl groups excluding tert-OH is 1. The van der Waals surface area contributed by atoms with Crippen molar-refractivity contribution in [3.63, 3.8) is 0 Å². The largest absolute Gasteiger partial charge is 0.391 e. The van der Waals surface area contributed by atoms with E-state index in [2.05, 4.69) is 86.3 Å². The third-order valence-corrected chi connectivity index (χ3v) is 5.53. The summed E-state index contributed by atoms with van der Waals surface area (Å²) in [5.41, 5.74) is 2.88. The van der Waals surface area contributed by atoms with Crippen molar-refractivity contribution in [3.05, 3.63) is 71.8 Å². The summed E-state index contributed by atoms with van der Waals surface area (Å²) < 4.78 is 0. The standard InChI is InChI=1S/C22H29NO/c1-17(21(24)20-14-22(20,2)3)23(15-18-10-6-4-7-11-18)16-19-12-8-5-9-13-19/h4-13,17,20-21,24H,14-16H2,1-3H3/t17-,20?,21?/m0/s1. The van der Waals surface area contributed by atoms with Crippen LogP contribution in [-0.2, 0) is 13.1 Å². The van der Waals surface area contributed by atoms with Gasteiger partial charge in [0.15, 0.2) is 0 Å². The molecule has 0 saturated heterocycles. The van der Waals surface area contributed by atoms with Crippen molar-refractivity contribution < 1.29 is 5.11 Å². The highest BCUT2D eigenvalue weighted by Crippen LogP contribution is 2.54. The predicted octanol–water partition coefficient (Wildman–Crippen LogP) is 4.48. The zero-order valence-corrected chi connectivity index (χ0v) is 15.0. The normalized spacial score (nSPS) is 21.5. The molecule has 0 amide bonds. The topological polar surface area (TPSA) is 23.5 Å². The van der Waals surface area contributed by atoms with Gasteiger partial charge in [0.1, 0.15) is 0 Å². The minimum Gasteiger partial charge on any atom is -0.391 e. The van der Waals surface area contributed by atoms with Gasteiger partial charge in [-0.15, -0.1) is 0 Å². The van der Waals surface area contributed by atoms with Crippen LogP contribution in [0, 0.1) is 11.3 Å². The fourth-order valence-corrected chi connectivity index (χ4v) is 3.62. The van der Waals surface area contributed by atoms with E-state index >= 15 is 0 Å². The molecule has 0 heterocycles. The van der Waals surface area contributed by atoms with Crippen LogP contribution in [0.15, 0.2) is 60.7 Å². The molecule has 1 aliphatic carbocycles. The monoisotopic (exact) mass is 323 g/mol. The first kappa shape index (κ1) is 17.2. The Morgan fingerprint density at radius 1 is 0.958 bits per heavy atom. The van der Waals surface area contributed by atoms with Gasteiger partial charge in [0, 0.05) is 19.1 Å². The smallest absolute Gasteiger partial charge is 0.0726 e. The maximum atomic E-state index is 10.9. The summed E-state index contributed by atoms with van der Waals surface area (Å²) in [4.78, 5) is 2.41. The van der Waals surface area contributed by atoms with E-state index in [0.717, 1.165) is 19.5 Å². The molecule has 0 radical (unpaired) electrons. The van der Waals surface area contributed by atoms with E-state index < -0.39 is 0 Å². The lowest BCUT2D eigenvalue weighted by molar-refractivity contribution is 0.0277. The molecule has 1 aliphatic rings. The molecule has 3 atom stereocenters. The van der Waals surface area contributed by atoms with E-state index in [1.807, 2.05) is 0 Å². The molecule has 24 heavy (non-hydrogen) atoms. The lowest BCUT2D eigenvalue weighted by Gasteiger charge is -2.33. The minimum atomic E-state index is -0.271. The molecule has 2 nitrogen and oxygen atoms in total. The van der Waals surface area contributed by atoms with Crippen molar-refractivity contribution in [1.29, 1.82) is 0 Å². The van der Waals surface area contributed by atoms with Gasteiger partial charge in [0.05, 0.1) is 6.10 Å². The molecule has 1 saturated carbocycles. The van der Waals surface area contributed by atoms with Crippen molar-refractivity contribution >= 4 is 0 Å². The van der Waals surface area contributed by atoms with Gasteiger partial charge in [0.2, 0.25) is 0 Å². The lowest BCUT2D eigenvalue weighted by atomic mass is 9.99. The third-order valence-electron chi connectivity index (χ3n) is 5.53. The van der Waals surface area contributed by atoms with Gasteiger partial charge in [-0.2, -0.15) is 0 Å². The molecular formula is C22H29NO. The lowest BCUT2D eigenvalue weighted by Crippen LogP contribution is -2.42. The highest BCUT2D eigenvalue weighted by molar-refractivity contribution is 5.17. The van der Waals surface area contributed by atoms with Gasteiger partial charge >= 0.3 is 0 Å². The maximum absolute atomic E-state index is 10.9. The average molecular weight is 323 g/mol. The van der Waals surface area contributed by atoms with Crippen molar-refractivity contribution in [2.45, 2.75) is 52.4 Å². The fourth-order valence-electron chi connectivity index (χ4n) is 3.62. The molecule has 1 fully saturated rings. The molecule has 128 valence electrons. The molecule has 3 rings (SSSR count). The summed E-state index contributed by atoms with van der Waals surface area (Å²) in [7, 11) is 0. The second-order valence-electron chi connectivity index (χ2n) is 7.91. The number of hydrogen-bond donors (Lipinski definition) is 1. The number of benzene rings is 2. The van der Waals surface area contributed by atoms with E-state index in [1.54, 1.807) is 0 Å². The van der Waals surface area contributed by atoms with Crippen molar-refractivity contribution in [2.75, 3.05) is 0 Å². The summed E-state index contributed by atoms with van der Waals surface area (Å²) >= 11 is 0. The second kappa shape index (κ2) is 7.08. The van der Waals surface area contributed by atoms with E-state index in [1.165, 1.54) is 11.1 Å². The molecular weight excluding hydrogens is 294 g/mol. The van der Waals surface area contributed by atoms with Crippen LogP contribution in [0.2, 0.25) is 0 Å². The Kier molecular flexibility index (Phi) is 5.07. The first-order valence-electron chi connectivity index (χ1n) is 8.97. The van der Waals surface area contributed by atoms with Crippen LogP contribution in [0.4, 0.5) is 0 Å². The Balaban J connectivity index is 1.75. The Morgan fingerprint density at radius 2 is 1.38 bits per heavy atom. The Bertz CT molecular complexity index is 596. The summed E-state index contributed by atoms with van der Waals surface area (Å²) in [6.07, 6.45) is 0.857. The average Bonchev–Trinajstić information content (AvgIpc) is 3.23. The predicted molar refractivity (Wildman–Crippen MR) is 99.5 cm³/mol. The van der Waals surface area contributed by atoms with Crippen molar-refractivity contribution in [3.8, 4) is 0 Å². The number of nitrogens with zero attached hydrogens (tertiary/aromatic N) is 1. The SMILES string of the molecule is C[C@@H](C(O)C1CC1(C)C)N(Cc1ccccc1)Cc1ccccc1. The van der Waals surface area contributed by atoms with Crippen LogP contribution in [0.25, 0.3) is 0 Å². The number of aliphatic hydroxyl groups is 1. The van der Waals surface area contributed by atoms with E-state index in [0.29, 0.717) is 11.3 Å². The molecule has 2 unspecified atom stereocenters. The van der Waals surface area contributed by atoms with Crippen molar-refractivity contribution in [2.24, 2.45) is 11.3 Å². The van der Waals surface area contributed by atoms with Crippen molar-refractivity contribution in [1.82, 2.24) is 4.90 Å². The third kappa shape index (κ3) is 4.06. The van der Waals surface area contributed by atoms with Crippen LogP contribution in [0.5, 0.6) is 0 Å². The summed E-state index contributed by atoms with van der Waals surface area (Å²) in [6.45, 7) is 8.41. The molecule has 0 spiro atoms. The van der Waals surface area contributed by atoms with Crippen LogP contribution < -0.4 is 0 Å². The molecule has 0 aliphatic heterocycles. The van der Waals surface area contributed by atoms with Gasteiger partial charge in [-0.05, 0) is 35.8 Å². The Hall–Kier alpha value is -1.64. The zero-order valence-electron chi connectivity index (χ0n) is 15.0. The Morgan fingerprint density at radius 3 is 1.75 bits per heavy atom. The highest BCUT2D eigenvalue weighted by atomic mass is 16.3. The summed E-state index contributed by atoms with van der Waals surface area (Å²) in [6, 6.07) is 21.2. The van der Waals surface area contributed by atoms with Gasteiger partial charge < -0.3 is 5.11 Å². The zero-order chi connectivity index (χ0) is 17.2. The van der Waals surface area contributed by atoms with Gasteiger partial charge in [-0.3, -0.25) is 4.90 Å². The minimum absolute atomic E-state index is 0.136. The molecule has 0 bridgehead atoms. The van der Waals surface area contributed by atoms with Crippen LogP contribution in [0.3, 0.4) is 0 Å². The second-order valence-corrected chi connectivity index (χ2v) is 7.91. The maximum Gasteiger partial charge on any atom is 0.0726 e. The number of hydrogen-bond acceptors (Lipinski definition) is 2. The summed E-state index contributed by atoms with van der Waals surface area (Å²) in [5, 5.41) is 10.9. The first-order chi connectivity index (χ1) is 11.5. The van der Waals surface area contributed by atoms with E-state index in [4.69, 9.17) is 0 Å². The van der Waals surface area contributed by atoms with Gasteiger partial charge in [0.25, 0.3) is 0 Å². The van der Waals surface area contributed by atoms with Gasteiger partial charge in [-0.1, -0.05) is 74.5 Å². The molecule has 2 aromatic carbocycles. The fraction of sp³-hybridized carbons (Fsp3) is 0.455. The Labute approximate surface area is 146 Å². The quantitative estimate of drug-likeness (QED) is 0.812. The first-order valence-corrected chi connectivity index (χ1v) is 8.97. The highest BCUT2D eigenvalue weighted by Gasteiger charge is 2.51. The molecule has 2 aromatic rings. The van der Waals surface area contributed by atoms with E-state index in [9.17, 15) is 5.11 Å². The number of rotatable bonds is 7. The molecule has 0 aromatic heterocycles. The summed E-state index contributed by atoms with van der Waals surface area (Å²) in [5.74, 6) is 0.418. The van der Waals surface area contributed by atoms with Crippen LogP contribution in [0.1, 0.15) is 38.3 Å².